The third-order valence-electron chi connectivity index (χ3n) is 6.51. The zero-order chi connectivity index (χ0) is 29.2. The maximum atomic E-state index is 13.0. The van der Waals surface area contributed by atoms with Gasteiger partial charge in [-0.15, -0.1) is 0 Å². The van der Waals surface area contributed by atoms with E-state index in [1.54, 1.807) is 0 Å². The minimum atomic E-state index is -4.54. The van der Waals surface area contributed by atoms with E-state index < -0.39 is 51.1 Å². The Labute approximate surface area is 250 Å². The Morgan fingerprint density at radius 3 is 1.36 bits per heavy atom. The van der Waals surface area contributed by atoms with Gasteiger partial charge >= 0.3 is 252 Å². The van der Waals surface area contributed by atoms with Gasteiger partial charge in [-0.1, -0.05) is 0 Å². The van der Waals surface area contributed by atoms with Gasteiger partial charge in [0.2, 0.25) is 0 Å². The first-order chi connectivity index (χ1) is 18.9. The number of ether oxygens (including phenoxy) is 2. The molecule has 0 amide bonds. The van der Waals surface area contributed by atoms with E-state index in [2.05, 4.69) is 41.5 Å². The van der Waals surface area contributed by atoms with E-state index in [0.29, 0.717) is 33.1 Å². The van der Waals surface area contributed by atoms with E-state index in [4.69, 9.17) is 20.1 Å². The summed E-state index contributed by atoms with van der Waals surface area (Å²) in [6.45, 7) is 13.8. The first kappa shape index (κ1) is 39.1. The number of unbranched alkanes of at least 4 members (excludes halogenated alkanes) is 9. The normalized spacial score (nSPS) is 13.1. The number of carbonyl (C=O) groups is 2. The molecule has 0 aliphatic heterocycles. The molecule has 0 rings (SSSR count). The summed E-state index contributed by atoms with van der Waals surface area (Å²) >= 11 is -8.70. The van der Waals surface area contributed by atoms with E-state index in [0.717, 1.165) is 96.3 Å². The Morgan fingerprint density at radius 1 is 0.487 bits per heavy atom. The molecule has 0 radical (unpaired) electrons. The fourth-order valence-electron chi connectivity index (χ4n) is 4.11. The summed E-state index contributed by atoms with van der Waals surface area (Å²) in [6, 6.07) is 0. The van der Waals surface area contributed by atoms with Gasteiger partial charge in [0.25, 0.3) is 0 Å². The van der Waals surface area contributed by atoms with Gasteiger partial charge in [-0.25, -0.2) is 0 Å². The maximum absolute atomic E-state index is 13.0. The second kappa shape index (κ2) is 25.7. The van der Waals surface area contributed by atoms with Crippen LogP contribution in [0.25, 0.3) is 0 Å². The molecule has 1 unspecified atom stereocenters. The van der Waals surface area contributed by atoms with E-state index in [1.807, 2.05) is 0 Å². The molecule has 0 aliphatic carbocycles. The van der Waals surface area contributed by atoms with Gasteiger partial charge in [0, 0.05) is 0 Å². The molecule has 0 fully saturated rings. The molecule has 0 aromatic carbocycles. The average molecular weight is 774 g/mol. The fraction of sp³-hybridized carbons (Fsp3) is 0.931. The standard InChI is InChI=1S/2C6H12O3.C5H11O.3C4H9.O.2Sn/c2*1-2-3-4-5-9-6(7)8;1-2-3-4-5-6;3*1-3-4-2;;;/h2*2-5H2,1H3,(H,7,8);2-5H2,1H3;3*1,3-4H2,2H3;;;/q;;-1;;;;;+1;+2/p-2. The second-order valence-electron chi connectivity index (χ2n) is 10.4. The van der Waals surface area contributed by atoms with Crippen LogP contribution >= 0.6 is 0 Å². The van der Waals surface area contributed by atoms with Gasteiger partial charge in [-0.05, 0) is 0 Å². The molecule has 0 aromatic rings. The minimum absolute atomic E-state index is 0.318. The first-order valence-corrected chi connectivity index (χ1v) is 27.8. The fourth-order valence-corrected chi connectivity index (χ4v) is 39.2. The van der Waals surface area contributed by atoms with Crippen LogP contribution < -0.4 is 0 Å². The van der Waals surface area contributed by atoms with Crippen LogP contribution in [0.1, 0.15) is 138 Å². The van der Waals surface area contributed by atoms with E-state index in [-0.39, 0.29) is 0 Å². The Bertz CT molecular complexity index is 600. The van der Waals surface area contributed by atoms with Gasteiger partial charge in [0.15, 0.2) is 0 Å². The van der Waals surface area contributed by atoms with Crippen molar-refractivity contribution in [1.29, 1.82) is 0 Å². The summed E-state index contributed by atoms with van der Waals surface area (Å²) in [7, 11) is 0. The molecule has 0 saturated carbocycles. The predicted molar refractivity (Wildman–Crippen MR) is 161 cm³/mol. The summed E-state index contributed by atoms with van der Waals surface area (Å²) < 4.78 is 38.9. The van der Waals surface area contributed by atoms with Crippen molar-refractivity contribution in [2.75, 3.05) is 19.8 Å². The summed E-state index contributed by atoms with van der Waals surface area (Å²) in [6.07, 6.45) is 12.7. The molecule has 0 aromatic heterocycles. The third-order valence-corrected chi connectivity index (χ3v) is 35.4. The average Bonchev–Trinajstić information content (AvgIpc) is 2.92. The van der Waals surface area contributed by atoms with Crippen LogP contribution in [0.15, 0.2) is 0 Å². The van der Waals surface area contributed by atoms with Crippen molar-refractivity contribution >= 4 is 51.1 Å². The third kappa shape index (κ3) is 19.7. The van der Waals surface area contributed by atoms with Crippen molar-refractivity contribution in [3.63, 3.8) is 0 Å². The first-order valence-electron chi connectivity index (χ1n) is 15.9. The molecule has 10 heteroatoms. The number of hydrogen-bond donors (Lipinski definition) is 0. The summed E-state index contributed by atoms with van der Waals surface area (Å²) in [4.78, 5) is 25.9. The van der Waals surface area contributed by atoms with Crippen LogP contribution in [-0.4, -0.2) is 71.0 Å². The summed E-state index contributed by atoms with van der Waals surface area (Å²) in [5.41, 5.74) is 0. The Morgan fingerprint density at radius 2 is 0.897 bits per heavy atom. The van der Waals surface area contributed by atoms with Crippen molar-refractivity contribution in [1.82, 2.24) is 0 Å². The van der Waals surface area contributed by atoms with Gasteiger partial charge in [-0.2, -0.15) is 0 Å². The van der Waals surface area contributed by atoms with Crippen LogP contribution in [0.5, 0.6) is 0 Å². The zero-order valence-electron chi connectivity index (χ0n) is 26.1. The topological polar surface area (TPSA) is 89.5 Å². The molecule has 8 nitrogen and oxygen atoms in total. The van der Waals surface area contributed by atoms with Crippen LogP contribution in [0, 0.1) is 0 Å². The molecular weight excluding hydrogens is 714 g/mol. The molecule has 0 saturated heterocycles. The monoisotopic (exact) mass is 776 g/mol. The summed E-state index contributed by atoms with van der Waals surface area (Å²) in [5.74, 6) is 0. The molecule has 0 spiro atoms. The van der Waals surface area contributed by atoms with Crippen molar-refractivity contribution < 1.29 is 29.7 Å². The number of carbonyl (C=O) groups excluding carboxylic acids is 2. The van der Waals surface area contributed by atoms with Crippen LogP contribution in [0.3, 0.4) is 0 Å². The molecule has 39 heavy (non-hydrogen) atoms. The molecule has 0 aliphatic rings. The van der Waals surface area contributed by atoms with E-state index in [1.165, 1.54) is 0 Å². The van der Waals surface area contributed by atoms with E-state index in [9.17, 15) is 9.59 Å². The molecular formula is C29H60O8Sn2. The SMILES string of the molecule is CCCCCOC(=O)[O][Sn]([CH2]CCC)([CH2]CCC)[O][Sn]([CH2]CCC)([O]CCCCC)[O]C(=O)OCCCCC. The van der Waals surface area contributed by atoms with Crippen LogP contribution in [0.2, 0.25) is 13.3 Å². The van der Waals surface area contributed by atoms with Crippen LogP contribution in [0.4, 0.5) is 9.59 Å². The van der Waals surface area contributed by atoms with Crippen molar-refractivity contribution in [3.05, 3.63) is 0 Å². The summed E-state index contributed by atoms with van der Waals surface area (Å²) in [5, 5.41) is 0. The van der Waals surface area contributed by atoms with Crippen molar-refractivity contribution in [3.8, 4) is 0 Å². The molecule has 0 N–H and O–H groups in total. The second-order valence-corrected chi connectivity index (χ2v) is 30.2. The Balaban J connectivity index is 6.14. The molecule has 0 bridgehead atoms. The molecule has 1 atom stereocenters. The van der Waals surface area contributed by atoms with Gasteiger partial charge in [0.1, 0.15) is 0 Å². The Kier molecular flexibility index (Phi) is 25.8. The van der Waals surface area contributed by atoms with Gasteiger partial charge in [0.05, 0.1) is 0 Å². The predicted octanol–water partition coefficient (Wildman–Crippen LogP) is 9.68. The van der Waals surface area contributed by atoms with Gasteiger partial charge < -0.3 is 0 Å². The number of rotatable bonds is 26. The van der Waals surface area contributed by atoms with Gasteiger partial charge in [-0.3, -0.25) is 0 Å². The van der Waals surface area contributed by atoms with Crippen molar-refractivity contribution in [2.24, 2.45) is 0 Å². The van der Waals surface area contributed by atoms with Crippen LogP contribution in [-0.2, 0) is 20.1 Å². The van der Waals surface area contributed by atoms with E-state index >= 15 is 0 Å². The quantitative estimate of drug-likeness (QED) is 0.0488. The Hall–Kier alpha value is 0.0574. The molecule has 232 valence electrons. The van der Waals surface area contributed by atoms with Crippen molar-refractivity contribution in [2.45, 2.75) is 151 Å². The molecule has 0 heterocycles. The zero-order valence-corrected chi connectivity index (χ0v) is 31.8. The number of hydrogen-bond acceptors (Lipinski definition) is 8.